The van der Waals surface area contributed by atoms with E-state index < -0.39 is 0 Å². The van der Waals surface area contributed by atoms with E-state index in [1.807, 2.05) is 12.2 Å². The Kier molecular flexibility index (Phi) is 9.47. The van der Waals surface area contributed by atoms with Gasteiger partial charge in [0, 0.05) is 18.5 Å². The zero-order chi connectivity index (χ0) is 26.9. The molecule has 0 aliphatic heterocycles. The highest BCUT2D eigenvalue weighted by atomic mass is 19.1. The molecule has 198 valence electrons. The van der Waals surface area contributed by atoms with Gasteiger partial charge in [-0.2, -0.15) is 0 Å². The molecule has 2 nitrogen and oxygen atoms in total. The number of anilines is 1. The highest BCUT2D eigenvalue weighted by molar-refractivity contribution is 5.79. The predicted molar refractivity (Wildman–Crippen MR) is 150 cm³/mol. The van der Waals surface area contributed by atoms with Crippen LogP contribution in [0.1, 0.15) is 44.6 Å². The average molecular weight is 518 g/mol. The van der Waals surface area contributed by atoms with E-state index in [2.05, 4.69) is 31.0 Å². The first-order chi connectivity index (χ1) is 18.4. The minimum absolute atomic E-state index is 0.000981. The lowest BCUT2D eigenvalue weighted by atomic mass is 9.84. The van der Waals surface area contributed by atoms with Gasteiger partial charge in [0.25, 0.3) is 0 Å². The third kappa shape index (κ3) is 7.41. The molecular weight excluding hydrogens is 483 g/mol. The molecule has 2 aromatic carbocycles. The lowest BCUT2D eigenvalue weighted by Gasteiger charge is -2.30. The molecule has 0 heterocycles. The van der Waals surface area contributed by atoms with Crippen LogP contribution in [0.2, 0.25) is 0 Å². The molecule has 38 heavy (non-hydrogen) atoms. The molecule has 1 N–H and O–H groups in total. The van der Waals surface area contributed by atoms with E-state index in [-0.39, 0.29) is 29.4 Å². The van der Waals surface area contributed by atoms with Gasteiger partial charge >= 0.3 is 0 Å². The maximum atomic E-state index is 13.7. The quantitative estimate of drug-likeness (QED) is 0.300. The topological polar surface area (TPSA) is 21.3 Å². The van der Waals surface area contributed by atoms with Gasteiger partial charge in [-0.15, -0.1) is 0 Å². The minimum Gasteiger partial charge on any atom is -0.494 e. The predicted octanol–water partition coefficient (Wildman–Crippen LogP) is 9.24. The highest BCUT2D eigenvalue weighted by Gasteiger charge is 2.23. The summed E-state index contributed by atoms with van der Waals surface area (Å²) in [6.07, 6.45) is 14.7. The number of hydrogen-bond donors (Lipinski definition) is 1. The molecule has 2 aromatic rings. The van der Waals surface area contributed by atoms with Crippen LogP contribution in [0, 0.1) is 17.6 Å². The molecule has 4 rings (SSSR count). The summed E-state index contributed by atoms with van der Waals surface area (Å²) >= 11 is 0. The summed E-state index contributed by atoms with van der Waals surface area (Å²) in [4.78, 5) is 0. The van der Waals surface area contributed by atoms with Crippen LogP contribution in [0.25, 0.3) is 5.57 Å². The van der Waals surface area contributed by atoms with Crippen LogP contribution in [0.4, 0.5) is 18.9 Å². The summed E-state index contributed by atoms with van der Waals surface area (Å²) in [5.41, 5.74) is 5.04. The fraction of sp³-hybridized carbons (Fsp3) is 0.273. The van der Waals surface area contributed by atoms with Gasteiger partial charge in [-0.3, -0.25) is 0 Å². The molecule has 2 aliphatic rings. The van der Waals surface area contributed by atoms with Gasteiger partial charge in [0.05, 0.1) is 11.8 Å². The smallest absolute Gasteiger partial charge is 0.123 e. The molecular formula is C33H34F3NO. The second kappa shape index (κ2) is 13.2. The van der Waals surface area contributed by atoms with Gasteiger partial charge in [-0.05, 0) is 96.0 Å². The van der Waals surface area contributed by atoms with Crippen LogP contribution >= 0.6 is 0 Å². The molecule has 0 radical (unpaired) electrons. The standard InChI is InChI=1S/C33H34F3NO/c1-3-22-38-31-19-9-26(10-20-31)33(37-30-17-15-29(36)16-18-30)23(2)4-21-32(24-5-11-27(34)12-6-24)25-7-13-28(35)14-8-25/h3,5-7,9,11-13,15-19,21,23,33,37H,1,4,8,10,14,20,22H2,2H3/b32-21+. The van der Waals surface area contributed by atoms with Gasteiger partial charge in [0.2, 0.25) is 0 Å². The Morgan fingerprint density at radius 1 is 0.895 bits per heavy atom. The van der Waals surface area contributed by atoms with E-state index in [9.17, 15) is 13.2 Å². The van der Waals surface area contributed by atoms with Crippen LogP contribution in [0.5, 0.6) is 0 Å². The monoisotopic (exact) mass is 517 g/mol. The molecule has 2 atom stereocenters. The van der Waals surface area contributed by atoms with Gasteiger partial charge in [0.1, 0.15) is 24.1 Å². The molecule has 5 heteroatoms. The molecule has 2 unspecified atom stereocenters. The van der Waals surface area contributed by atoms with Crippen LogP contribution in [-0.2, 0) is 4.74 Å². The minimum atomic E-state index is -0.290. The average Bonchev–Trinajstić information content (AvgIpc) is 2.94. The molecule has 0 saturated carbocycles. The largest absolute Gasteiger partial charge is 0.494 e. The fourth-order valence-corrected chi connectivity index (χ4v) is 4.85. The van der Waals surface area contributed by atoms with Crippen molar-refractivity contribution in [3.63, 3.8) is 0 Å². The summed E-state index contributed by atoms with van der Waals surface area (Å²) < 4.78 is 46.6. The Labute approximate surface area is 223 Å². The first-order valence-electron chi connectivity index (χ1n) is 13.1. The van der Waals surface area contributed by atoms with Crippen molar-refractivity contribution in [2.24, 2.45) is 5.92 Å². The SMILES string of the molecule is C=CCOC1=CC=C(C(Nc2ccc(F)cc2)C(C)C/C=C(/C2=CC=C(F)CC2)c2ccc(F)cc2)CC1. The lowest BCUT2D eigenvalue weighted by molar-refractivity contribution is 0.234. The van der Waals surface area contributed by atoms with E-state index >= 15 is 0 Å². The van der Waals surface area contributed by atoms with Crippen molar-refractivity contribution in [3.05, 3.63) is 131 Å². The maximum Gasteiger partial charge on any atom is 0.123 e. The summed E-state index contributed by atoms with van der Waals surface area (Å²) in [5, 5.41) is 3.62. The van der Waals surface area contributed by atoms with Gasteiger partial charge in [-0.25, -0.2) is 13.2 Å². The summed E-state index contributed by atoms with van der Waals surface area (Å²) in [6, 6.07) is 12.9. The van der Waals surface area contributed by atoms with Crippen molar-refractivity contribution in [3.8, 4) is 0 Å². The first kappa shape index (κ1) is 27.3. The summed E-state index contributed by atoms with van der Waals surface area (Å²) in [7, 11) is 0. The first-order valence-corrected chi connectivity index (χ1v) is 13.1. The van der Waals surface area contributed by atoms with Crippen molar-refractivity contribution in [1.82, 2.24) is 0 Å². The van der Waals surface area contributed by atoms with Crippen LogP contribution < -0.4 is 5.32 Å². The second-order valence-corrected chi connectivity index (χ2v) is 9.75. The molecule has 0 bridgehead atoms. The van der Waals surface area contributed by atoms with E-state index in [1.165, 1.54) is 35.9 Å². The highest BCUT2D eigenvalue weighted by Crippen LogP contribution is 2.34. The van der Waals surface area contributed by atoms with Gasteiger partial charge in [0.15, 0.2) is 0 Å². The molecule has 2 aliphatic carbocycles. The van der Waals surface area contributed by atoms with E-state index in [0.717, 1.165) is 47.4 Å². The zero-order valence-electron chi connectivity index (χ0n) is 21.7. The summed E-state index contributed by atoms with van der Waals surface area (Å²) in [6.45, 7) is 6.37. The van der Waals surface area contributed by atoms with Crippen LogP contribution in [-0.4, -0.2) is 12.6 Å². The number of hydrogen-bond acceptors (Lipinski definition) is 2. The molecule has 0 fully saturated rings. The number of ether oxygens (including phenoxy) is 1. The van der Waals surface area contributed by atoms with Crippen molar-refractivity contribution in [2.45, 2.75) is 45.1 Å². The summed E-state index contributed by atoms with van der Waals surface area (Å²) in [5.74, 6) is 0.411. The van der Waals surface area contributed by atoms with Crippen molar-refractivity contribution in [1.29, 1.82) is 0 Å². The van der Waals surface area contributed by atoms with Crippen LogP contribution in [0.3, 0.4) is 0 Å². The third-order valence-electron chi connectivity index (χ3n) is 6.96. The Morgan fingerprint density at radius 2 is 1.61 bits per heavy atom. The van der Waals surface area contributed by atoms with E-state index in [0.29, 0.717) is 19.4 Å². The van der Waals surface area contributed by atoms with E-state index in [4.69, 9.17) is 4.74 Å². The molecule has 0 aromatic heterocycles. The number of benzene rings is 2. The van der Waals surface area contributed by atoms with E-state index in [1.54, 1.807) is 30.3 Å². The fourth-order valence-electron chi connectivity index (χ4n) is 4.85. The number of rotatable bonds is 11. The Hall–Kier alpha value is -3.73. The Morgan fingerprint density at radius 3 is 2.21 bits per heavy atom. The molecule has 0 amide bonds. The maximum absolute atomic E-state index is 13.7. The van der Waals surface area contributed by atoms with Crippen molar-refractivity contribution < 1.29 is 17.9 Å². The number of nitrogens with one attached hydrogen (secondary N) is 1. The van der Waals surface area contributed by atoms with Crippen LogP contribution in [0.15, 0.2) is 114 Å². The second-order valence-electron chi connectivity index (χ2n) is 9.75. The lowest BCUT2D eigenvalue weighted by Crippen LogP contribution is -2.30. The van der Waals surface area contributed by atoms with Crippen molar-refractivity contribution in [2.75, 3.05) is 11.9 Å². The molecule has 0 spiro atoms. The number of allylic oxidation sites excluding steroid dienone is 9. The molecule has 0 saturated heterocycles. The van der Waals surface area contributed by atoms with Gasteiger partial charge < -0.3 is 10.1 Å². The zero-order valence-corrected chi connectivity index (χ0v) is 21.7. The Bertz CT molecular complexity index is 1270. The van der Waals surface area contributed by atoms with Gasteiger partial charge in [-0.1, -0.05) is 49.9 Å². The third-order valence-corrected chi connectivity index (χ3v) is 6.96. The van der Waals surface area contributed by atoms with Crippen molar-refractivity contribution >= 4 is 11.3 Å². The normalized spacial score (nSPS) is 17.4. The number of halogens is 3. The Balaban J connectivity index is 1.62.